The van der Waals surface area contributed by atoms with E-state index in [0.29, 0.717) is 19.6 Å². The molecular weight excluding hydrogens is 254 g/mol. The van der Waals surface area contributed by atoms with Crippen molar-refractivity contribution in [1.29, 1.82) is 0 Å². The standard InChI is InChI=1S/C15H29N3O2/c1-3-4-9-17-14(19)13-6-10-18(11-7-13)15(20)12(2)5-8-16/h12-13H,3-11,16H2,1-2H3,(H,17,19). The minimum Gasteiger partial charge on any atom is -0.356 e. The van der Waals surface area contributed by atoms with Crippen LogP contribution in [0.15, 0.2) is 0 Å². The molecule has 1 saturated heterocycles. The smallest absolute Gasteiger partial charge is 0.225 e. The minimum absolute atomic E-state index is 0.00469. The molecule has 1 fully saturated rings. The van der Waals surface area contributed by atoms with Gasteiger partial charge >= 0.3 is 0 Å². The minimum atomic E-state index is -0.00469. The number of piperidine rings is 1. The van der Waals surface area contributed by atoms with Crippen molar-refractivity contribution in [2.24, 2.45) is 17.6 Å². The van der Waals surface area contributed by atoms with E-state index in [9.17, 15) is 9.59 Å². The van der Waals surface area contributed by atoms with Crippen LogP contribution in [0.25, 0.3) is 0 Å². The average molecular weight is 283 g/mol. The van der Waals surface area contributed by atoms with Crippen LogP contribution in [0.5, 0.6) is 0 Å². The Hall–Kier alpha value is -1.10. The Kier molecular flexibility index (Phi) is 7.59. The van der Waals surface area contributed by atoms with Gasteiger partial charge in [0.05, 0.1) is 0 Å². The monoisotopic (exact) mass is 283 g/mol. The summed E-state index contributed by atoms with van der Waals surface area (Å²) in [5, 5.41) is 2.98. The second kappa shape index (κ2) is 8.95. The summed E-state index contributed by atoms with van der Waals surface area (Å²) in [7, 11) is 0. The fraction of sp³-hybridized carbons (Fsp3) is 0.867. The van der Waals surface area contributed by atoms with E-state index >= 15 is 0 Å². The second-order valence-corrected chi connectivity index (χ2v) is 5.72. The van der Waals surface area contributed by atoms with Crippen LogP contribution in [0.3, 0.4) is 0 Å². The van der Waals surface area contributed by atoms with Gasteiger partial charge in [0.25, 0.3) is 0 Å². The van der Waals surface area contributed by atoms with Crippen molar-refractivity contribution in [3.05, 3.63) is 0 Å². The van der Waals surface area contributed by atoms with Crippen molar-refractivity contribution < 1.29 is 9.59 Å². The zero-order valence-corrected chi connectivity index (χ0v) is 12.9. The lowest BCUT2D eigenvalue weighted by Gasteiger charge is -2.33. The molecule has 2 amide bonds. The molecule has 5 heteroatoms. The maximum Gasteiger partial charge on any atom is 0.225 e. The average Bonchev–Trinajstić information content (AvgIpc) is 2.47. The van der Waals surface area contributed by atoms with Crippen molar-refractivity contribution >= 4 is 11.8 Å². The van der Waals surface area contributed by atoms with Gasteiger partial charge in [-0.15, -0.1) is 0 Å². The number of nitrogens with two attached hydrogens (primary N) is 1. The molecule has 0 saturated carbocycles. The van der Waals surface area contributed by atoms with Crippen molar-refractivity contribution in [3.63, 3.8) is 0 Å². The lowest BCUT2D eigenvalue weighted by Crippen LogP contribution is -2.45. The quantitative estimate of drug-likeness (QED) is 0.688. The number of unbranched alkanes of at least 4 members (excludes halogenated alkanes) is 1. The third-order valence-corrected chi connectivity index (χ3v) is 4.03. The number of amides is 2. The topological polar surface area (TPSA) is 75.4 Å². The second-order valence-electron chi connectivity index (χ2n) is 5.72. The molecule has 0 radical (unpaired) electrons. The molecule has 1 aliphatic heterocycles. The molecule has 5 nitrogen and oxygen atoms in total. The molecule has 0 aliphatic carbocycles. The van der Waals surface area contributed by atoms with Gasteiger partial charge in [0.15, 0.2) is 0 Å². The first kappa shape index (κ1) is 17.0. The van der Waals surface area contributed by atoms with E-state index in [4.69, 9.17) is 5.73 Å². The summed E-state index contributed by atoms with van der Waals surface area (Å²) in [5.74, 6) is 0.400. The molecule has 0 aromatic carbocycles. The van der Waals surface area contributed by atoms with Crippen molar-refractivity contribution in [3.8, 4) is 0 Å². The molecule has 116 valence electrons. The number of likely N-dealkylation sites (tertiary alicyclic amines) is 1. The number of carbonyl (C=O) groups is 2. The maximum atomic E-state index is 12.1. The van der Waals surface area contributed by atoms with E-state index in [0.717, 1.165) is 38.6 Å². The summed E-state index contributed by atoms with van der Waals surface area (Å²) in [5.41, 5.74) is 5.49. The highest BCUT2D eigenvalue weighted by Gasteiger charge is 2.28. The van der Waals surface area contributed by atoms with Gasteiger partial charge in [-0.3, -0.25) is 9.59 Å². The van der Waals surface area contributed by atoms with Crippen LogP contribution in [0.2, 0.25) is 0 Å². The van der Waals surface area contributed by atoms with E-state index in [-0.39, 0.29) is 23.7 Å². The normalized spacial score (nSPS) is 17.9. The number of nitrogens with zero attached hydrogens (tertiary/aromatic N) is 1. The molecule has 0 aromatic heterocycles. The van der Waals surface area contributed by atoms with Crippen molar-refractivity contribution in [2.45, 2.75) is 46.0 Å². The van der Waals surface area contributed by atoms with E-state index in [2.05, 4.69) is 12.2 Å². The van der Waals surface area contributed by atoms with Crippen LogP contribution in [0, 0.1) is 11.8 Å². The Morgan fingerprint density at radius 3 is 2.55 bits per heavy atom. The van der Waals surface area contributed by atoms with Gasteiger partial charge in [-0.25, -0.2) is 0 Å². The molecule has 20 heavy (non-hydrogen) atoms. The van der Waals surface area contributed by atoms with Gasteiger partial charge in [-0.1, -0.05) is 20.3 Å². The molecule has 1 aliphatic rings. The number of nitrogens with one attached hydrogen (secondary N) is 1. The Morgan fingerprint density at radius 1 is 1.35 bits per heavy atom. The van der Waals surface area contributed by atoms with Crippen molar-refractivity contribution in [2.75, 3.05) is 26.2 Å². The van der Waals surface area contributed by atoms with Crippen LogP contribution >= 0.6 is 0 Å². The Labute approximate surface area is 122 Å². The molecule has 0 bridgehead atoms. The Balaban J connectivity index is 2.32. The summed E-state index contributed by atoms with van der Waals surface area (Å²) >= 11 is 0. The predicted octanol–water partition coefficient (Wildman–Crippen LogP) is 1.13. The summed E-state index contributed by atoms with van der Waals surface area (Å²) in [6.45, 7) is 6.74. The number of hydrogen-bond donors (Lipinski definition) is 2. The zero-order chi connectivity index (χ0) is 15.0. The number of rotatable bonds is 7. The highest BCUT2D eigenvalue weighted by Crippen LogP contribution is 2.19. The number of carbonyl (C=O) groups excluding carboxylic acids is 2. The van der Waals surface area contributed by atoms with Gasteiger partial charge < -0.3 is 16.0 Å². The Bertz CT molecular complexity index is 312. The summed E-state index contributed by atoms with van der Waals surface area (Å²) < 4.78 is 0. The third kappa shape index (κ3) is 5.12. The molecule has 1 unspecified atom stereocenters. The van der Waals surface area contributed by atoms with Gasteiger partial charge in [0.1, 0.15) is 0 Å². The van der Waals surface area contributed by atoms with Gasteiger partial charge in [0.2, 0.25) is 11.8 Å². The first-order chi connectivity index (χ1) is 9.60. The fourth-order valence-electron chi connectivity index (χ4n) is 2.58. The van der Waals surface area contributed by atoms with Crippen LogP contribution in [-0.4, -0.2) is 42.9 Å². The van der Waals surface area contributed by atoms with Crippen LogP contribution in [0.1, 0.15) is 46.0 Å². The van der Waals surface area contributed by atoms with Crippen LogP contribution in [0.4, 0.5) is 0 Å². The summed E-state index contributed by atoms with van der Waals surface area (Å²) in [4.78, 5) is 26.0. The summed E-state index contributed by atoms with van der Waals surface area (Å²) in [6, 6.07) is 0. The molecular formula is C15H29N3O2. The largest absolute Gasteiger partial charge is 0.356 e. The molecule has 0 aromatic rings. The van der Waals surface area contributed by atoms with E-state index in [1.807, 2.05) is 11.8 Å². The zero-order valence-electron chi connectivity index (χ0n) is 12.9. The van der Waals surface area contributed by atoms with Crippen LogP contribution < -0.4 is 11.1 Å². The van der Waals surface area contributed by atoms with E-state index < -0.39 is 0 Å². The number of hydrogen-bond acceptors (Lipinski definition) is 3. The molecule has 1 heterocycles. The first-order valence-corrected chi connectivity index (χ1v) is 7.86. The molecule has 3 N–H and O–H groups in total. The maximum absolute atomic E-state index is 12.1. The van der Waals surface area contributed by atoms with Crippen molar-refractivity contribution in [1.82, 2.24) is 10.2 Å². The Morgan fingerprint density at radius 2 is 2.00 bits per heavy atom. The first-order valence-electron chi connectivity index (χ1n) is 7.86. The van der Waals surface area contributed by atoms with E-state index in [1.54, 1.807) is 0 Å². The third-order valence-electron chi connectivity index (χ3n) is 4.03. The predicted molar refractivity (Wildman–Crippen MR) is 80.1 cm³/mol. The van der Waals surface area contributed by atoms with Gasteiger partial charge in [-0.2, -0.15) is 0 Å². The van der Waals surface area contributed by atoms with Gasteiger partial charge in [-0.05, 0) is 32.2 Å². The molecule has 0 spiro atoms. The highest BCUT2D eigenvalue weighted by atomic mass is 16.2. The van der Waals surface area contributed by atoms with Crippen LogP contribution in [-0.2, 0) is 9.59 Å². The lowest BCUT2D eigenvalue weighted by atomic mass is 9.94. The molecule has 1 rings (SSSR count). The molecule has 1 atom stereocenters. The van der Waals surface area contributed by atoms with Gasteiger partial charge in [0, 0.05) is 31.5 Å². The van der Waals surface area contributed by atoms with E-state index in [1.165, 1.54) is 0 Å². The summed E-state index contributed by atoms with van der Waals surface area (Å²) in [6.07, 6.45) is 4.40. The highest BCUT2D eigenvalue weighted by molar-refractivity contribution is 5.80. The fourth-order valence-corrected chi connectivity index (χ4v) is 2.58. The lowest BCUT2D eigenvalue weighted by molar-refractivity contribution is -0.138. The SMILES string of the molecule is CCCCNC(=O)C1CCN(C(=O)C(C)CCN)CC1.